The second-order valence-electron chi connectivity index (χ2n) is 4.03. The summed E-state index contributed by atoms with van der Waals surface area (Å²) in [6.07, 6.45) is 0. The van der Waals surface area contributed by atoms with Crippen molar-refractivity contribution in [3.05, 3.63) is 47.5 Å². The predicted octanol–water partition coefficient (Wildman–Crippen LogP) is 2.51. The molecule has 0 saturated heterocycles. The van der Waals surface area contributed by atoms with Crippen LogP contribution >= 0.6 is 0 Å². The Kier molecular flexibility index (Phi) is 4.02. The summed E-state index contributed by atoms with van der Waals surface area (Å²) in [4.78, 5) is 0. The SMILES string of the molecule is COc1cccc(C#Cc2cc(O)c(OC)c(O)c2)c1. The number of hydrogen-bond acceptors (Lipinski definition) is 4. The highest BCUT2D eigenvalue weighted by Gasteiger charge is 2.08. The minimum absolute atomic E-state index is 0.0388. The molecule has 0 radical (unpaired) electrons. The molecule has 0 saturated carbocycles. The molecule has 0 heterocycles. The summed E-state index contributed by atoms with van der Waals surface area (Å²) in [7, 11) is 2.96. The third-order valence-electron chi connectivity index (χ3n) is 2.67. The van der Waals surface area contributed by atoms with Gasteiger partial charge in [0.2, 0.25) is 5.75 Å². The van der Waals surface area contributed by atoms with E-state index in [9.17, 15) is 10.2 Å². The van der Waals surface area contributed by atoms with Gasteiger partial charge >= 0.3 is 0 Å². The lowest BCUT2D eigenvalue weighted by Gasteiger charge is -2.05. The van der Waals surface area contributed by atoms with Crippen LogP contribution in [0.25, 0.3) is 0 Å². The topological polar surface area (TPSA) is 58.9 Å². The molecule has 2 N–H and O–H groups in total. The van der Waals surface area contributed by atoms with Gasteiger partial charge in [-0.25, -0.2) is 0 Å². The molecule has 2 aromatic rings. The van der Waals surface area contributed by atoms with Crippen molar-refractivity contribution in [3.8, 4) is 34.8 Å². The van der Waals surface area contributed by atoms with Gasteiger partial charge in [0.25, 0.3) is 0 Å². The number of ether oxygens (including phenoxy) is 2. The Morgan fingerprint density at radius 1 is 0.850 bits per heavy atom. The van der Waals surface area contributed by atoms with E-state index in [0.29, 0.717) is 5.56 Å². The van der Waals surface area contributed by atoms with Crippen molar-refractivity contribution < 1.29 is 19.7 Å². The largest absolute Gasteiger partial charge is 0.504 e. The molecule has 0 aliphatic heterocycles. The molecule has 0 unspecified atom stereocenters. The van der Waals surface area contributed by atoms with E-state index in [4.69, 9.17) is 9.47 Å². The van der Waals surface area contributed by atoms with Gasteiger partial charge in [-0.15, -0.1) is 0 Å². The summed E-state index contributed by atoms with van der Waals surface area (Å²) in [5.74, 6) is 6.26. The molecule has 0 atom stereocenters. The maximum absolute atomic E-state index is 9.68. The van der Waals surface area contributed by atoms with Crippen LogP contribution in [-0.4, -0.2) is 24.4 Å². The molecule has 4 heteroatoms. The van der Waals surface area contributed by atoms with Gasteiger partial charge < -0.3 is 19.7 Å². The van der Waals surface area contributed by atoms with E-state index in [1.165, 1.54) is 19.2 Å². The van der Waals surface area contributed by atoms with E-state index < -0.39 is 0 Å². The molecule has 0 bridgehead atoms. The Labute approximate surface area is 117 Å². The molecule has 0 fully saturated rings. The minimum Gasteiger partial charge on any atom is -0.504 e. The zero-order valence-corrected chi connectivity index (χ0v) is 11.2. The molecule has 0 spiro atoms. The van der Waals surface area contributed by atoms with Gasteiger partial charge in [0.1, 0.15) is 5.75 Å². The number of phenolic OH excluding ortho intramolecular Hbond substituents is 2. The quantitative estimate of drug-likeness (QED) is 0.823. The Hall–Kier alpha value is -2.80. The van der Waals surface area contributed by atoms with Crippen LogP contribution in [0.4, 0.5) is 0 Å². The fourth-order valence-electron chi connectivity index (χ4n) is 1.73. The van der Waals surface area contributed by atoms with Crippen molar-refractivity contribution in [1.82, 2.24) is 0 Å². The monoisotopic (exact) mass is 270 g/mol. The second kappa shape index (κ2) is 5.89. The highest BCUT2D eigenvalue weighted by atomic mass is 16.5. The van der Waals surface area contributed by atoms with E-state index in [1.54, 1.807) is 13.2 Å². The number of rotatable bonds is 2. The minimum atomic E-state index is -0.151. The maximum atomic E-state index is 9.68. The molecule has 20 heavy (non-hydrogen) atoms. The van der Waals surface area contributed by atoms with Crippen molar-refractivity contribution in [1.29, 1.82) is 0 Å². The highest BCUT2D eigenvalue weighted by molar-refractivity contribution is 5.57. The first-order valence-corrected chi connectivity index (χ1v) is 5.90. The van der Waals surface area contributed by atoms with Gasteiger partial charge in [0.15, 0.2) is 11.5 Å². The normalized spacial score (nSPS) is 9.50. The Bertz CT molecular complexity index is 657. The summed E-state index contributed by atoms with van der Waals surface area (Å²) in [5.41, 5.74) is 1.27. The smallest absolute Gasteiger partial charge is 0.202 e. The van der Waals surface area contributed by atoms with Crippen LogP contribution in [0.1, 0.15) is 11.1 Å². The number of methoxy groups -OCH3 is 2. The van der Waals surface area contributed by atoms with Gasteiger partial charge in [0, 0.05) is 11.1 Å². The molecule has 102 valence electrons. The van der Waals surface area contributed by atoms with E-state index in [-0.39, 0.29) is 17.2 Å². The maximum Gasteiger partial charge on any atom is 0.202 e. The van der Waals surface area contributed by atoms with Gasteiger partial charge in [0.05, 0.1) is 14.2 Å². The lowest BCUT2D eigenvalue weighted by Crippen LogP contribution is -1.86. The summed E-state index contributed by atoms with van der Waals surface area (Å²) >= 11 is 0. The number of phenols is 2. The first-order chi connectivity index (χ1) is 9.63. The van der Waals surface area contributed by atoms with Crippen LogP contribution < -0.4 is 9.47 Å². The predicted molar refractivity (Wildman–Crippen MR) is 75.3 cm³/mol. The summed E-state index contributed by atoms with van der Waals surface area (Å²) in [6, 6.07) is 10.2. The van der Waals surface area contributed by atoms with Gasteiger partial charge in [-0.2, -0.15) is 0 Å². The standard InChI is InChI=1S/C16H14O4/c1-19-13-5-3-4-11(8-13)6-7-12-9-14(17)16(20-2)15(18)10-12/h3-5,8-10,17-18H,1-2H3. The first-order valence-electron chi connectivity index (χ1n) is 5.90. The van der Waals surface area contributed by atoms with Crippen LogP contribution in [0, 0.1) is 11.8 Å². The summed E-state index contributed by atoms with van der Waals surface area (Å²) in [5, 5.41) is 19.4. The average Bonchev–Trinajstić information content (AvgIpc) is 2.45. The lowest BCUT2D eigenvalue weighted by atomic mass is 10.1. The van der Waals surface area contributed by atoms with Crippen molar-refractivity contribution in [3.63, 3.8) is 0 Å². The van der Waals surface area contributed by atoms with Crippen molar-refractivity contribution in [2.24, 2.45) is 0 Å². The lowest BCUT2D eigenvalue weighted by molar-refractivity contribution is 0.344. The Morgan fingerprint density at radius 2 is 1.50 bits per heavy atom. The molecule has 2 aromatic carbocycles. The zero-order chi connectivity index (χ0) is 14.5. The summed E-state index contributed by atoms with van der Waals surface area (Å²) < 4.78 is 9.97. The molecule has 0 aromatic heterocycles. The third-order valence-corrected chi connectivity index (χ3v) is 2.67. The molecular weight excluding hydrogens is 256 g/mol. The van der Waals surface area contributed by atoms with E-state index in [0.717, 1.165) is 11.3 Å². The number of benzene rings is 2. The average molecular weight is 270 g/mol. The van der Waals surface area contributed by atoms with Crippen molar-refractivity contribution >= 4 is 0 Å². The Morgan fingerprint density at radius 3 is 2.10 bits per heavy atom. The summed E-state index contributed by atoms with van der Waals surface area (Å²) in [6.45, 7) is 0. The van der Waals surface area contributed by atoms with Crippen molar-refractivity contribution in [2.75, 3.05) is 14.2 Å². The zero-order valence-electron chi connectivity index (χ0n) is 11.2. The highest BCUT2D eigenvalue weighted by Crippen LogP contribution is 2.36. The first kappa shape index (κ1) is 13.6. The molecule has 2 rings (SSSR count). The Balaban J connectivity index is 2.33. The molecular formula is C16H14O4. The van der Waals surface area contributed by atoms with Crippen LogP contribution in [0.15, 0.2) is 36.4 Å². The third kappa shape index (κ3) is 2.96. The van der Waals surface area contributed by atoms with Gasteiger partial charge in [-0.05, 0) is 30.3 Å². The molecule has 0 amide bonds. The molecule has 4 nitrogen and oxygen atoms in total. The molecule has 0 aliphatic carbocycles. The van der Waals surface area contributed by atoms with E-state index in [1.807, 2.05) is 18.2 Å². The van der Waals surface area contributed by atoms with Crippen molar-refractivity contribution in [2.45, 2.75) is 0 Å². The number of aromatic hydroxyl groups is 2. The van der Waals surface area contributed by atoms with Crippen LogP contribution in [0.5, 0.6) is 23.0 Å². The van der Waals surface area contributed by atoms with E-state index >= 15 is 0 Å². The molecule has 0 aliphatic rings. The van der Waals surface area contributed by atoms with Gasteiger partial charge in [-0.1, -0.05) is 17.9 Å². The van der Waals surface area contributed by atoms with Crippen LogP contribution in [0.2, 0.25) is 0 Å². The van der Waals surface area contributed by atoms with Crippen LogP contribution in [0.3, 0.4) is 0 Å². The fourth-order valence-corrected chi connectivity index (χ4v) is 1.73. The van der Waals surface area contributed by atoms with E-state index in [2.05, 4.69) is 11.8 Å². The second-order valence-corrected chi connectivity index (χ2v) is 4.03. The van der Waals surface area contributed by atoms with Crippen LogP contribution in [-0.2, 0) is 0 Å². The number of hydrogen-bond donors (Lipinski definition) is 2. The van der Waals surface area contributed by atoms with Gasteiger partial charge in [-0.3, -0.25) is 0 Å². The fraction of sp³-hybridized carbons (Fsp3) is 0.125.